The standard InChI is InChI=1S/C67H69N3O2S2/c1-2-63(71)65-61(53-39-38-51-24-21-22-25-52(51)48-53)49-60-40-41-62(65)70(60)44-23-43-69(45-47-74-67(57-32-15-6-16-33-57,58-34-17-7-18-35-58)59-36-19-8-20-37-59)50-64(72)68-42-46-73-66(54-26-9-3-10-27-54,55-28-11-4-12-29-55)56-30-13-5-14-31-56/h3-22,24-39,48,60-62,65H,2,23,40-47,49-50H2,1H3,(H,68,72). The van der Waals surface area contributed by atoms with Crippen LogP contribution in [0.15, 0.2) is 224 Å². The van der Waals surface area contributed by atoms with Gasteiger partial charge in [0.2, 0.25) is 5.91 Å². The highest BCUT2D eigenvalue weighted by Crippen LogP contribution is 2.51. The lowest BCUT2D eigenvalue weighted by atomic mass is 9.73. The summed E-state index contributed by atoms with van der Waals surface area (Å²) in [4.78, 5) is 33.5. The first-order chi connectivity index (χ1) is 36.5. The van der Waals surface area contributed by atoms with E-state index in [0.29, 0.717) is 31.3 Å². The van der Waals surface area contributed by atoms with Gasteiger partial charge in [-0.2, -0.15) is 0 Å². The summed E-state index contributed by atoms with van der Waals surface area (Å²) in [5, 5.41) is 5.88. The van der Waals surface area contributed by atoms with Crippen molar-refractivity contribution in [1.29, 1.82) is 0 Å². The number of hydrogen-bond donors (Lipinski definition) is 1. The van der Waals surface area contributed by atoms with Crippen LogP contribution in [0, 0.1) is 5.92 Å². The first kappa shape index (κ1) is 51.3. The van der Waals surface area contributed by atoms with E-state index in [0.717, 1.165) is 56.8 Å². The van der Waals surface area contributed by atoms with E-state index in [9.17, 15) is 9.59 Å². The average molecular weight is 1010 g/mol. The van der Waals surface area contributed by atoms with Gasteiger partial charge in [0.05, 0.1) is 16.0 Å². The fraction of sp³-hybridized carbons (Fsp3) is 0.284. The van der Waals surface area contributed by atoms with Crippen LogP contribution in [-0.2, 0) is 19.1 Å². The molecule has 0 aromatic heterocycles. The van der Waals surface area contributed by atoms with Gasteiger partial charge in [-0.15, -0.1) is 23.5 Å². The van der Waals surface area contributed by atoms with E-state index in [2.05, 4.69) is 240 Å². The van der Waals surface area contributed by atoms with E-state index in [-0.39, 0.29) is 23.8 Å². The Labute approximate surface area is 448 Å². The molecule has 8 aromatic rings. The summed E-state index contributed by atoms with van der Waals surface area (Å²) >= 11 is 3.83. The van der Waals surface area contributed by atoms with Crippen molar-refractivity contribution in [2.75, 3.05) is 44.2 Å². The highest BCUT2D eigenvalue weighted by atomic mass is 32.2. The van der Waals surface area contributed by atoms with Crippen molar-refractivity contribution in [3.8, 4) is 0 Å². The van der Waals surface area contributed by atoms with Crippen LogP contribution in [0.3, 0.4) is 0 Å². The Kier molecular flexibility index (Phi) is 16.9. The zero-order valence-corrected chi connectivity index (χ0v) is 44.3. The smallest absolute Gasteiger partial charge is 0.234 e. The number of carbonyl (C=O) groups is 2. The Bertz CT molecular complexity index is 2840. The van der Waals surface area contributed by atoms with Crippen LogP contribution in [0.5, 0.6) is 0 Å². The van der Waals surface area contributed by atoms with Crippen molar-refractivity contribution >= 4 is 46.0 Å². The maximum absolute atomic E-state index is 14.4. The number of thioether (sulfide) groups is 2. The van der Waals surface area contributed by atoms with Crippen LogP contribution in [-0.4, -0.2) is 77.8 Å². The molecular weight excluding hydrogens is 943 g/mol. The van der Waals surface area contributed by atoms with Crippen LogP contribution >= 0.6 is 23.5 Å². The Morgan fingerprint density at radius 1 is 0.554 bits per heavy atom. The quantitative estimate of drug-likeness (QED) is 0.0509. The minimum Gasteiger partial charge on any atom is -0.354 e. The monoisotopic (exact) mass is 1010 g/mol. The molecule has 10 rings (SSSR count). The van der Waals surface area contributed by atoms with E-state index >= 15 is 0 Å². The molecule has 2 bridgehead atoms. The number of amides is 1. The van der Waals surface area contributed by atoms with E-state index in [1.807, 2.05) is 30.4 Å². The Morgan fingerprint density at radius 3 is 1.50 bits per heavy atom. The molecule has 4 atom stereocenters. The van der Waals surface area contributed by atoms with Crippen LogP contribution in [0.4, 0.5) is 0 Å². The molecule has 8 aromatic carbocycles. The third-order valence-corrected chi connectivity index (χ3v) is 18.9. The van der Waals surface area contributed by atoms with Crippen molar-refractivity contribution in [3.63, 3.8) is 0 Å². The van der Waals surface area contributed by atoms with Gasteiger partial charge in [-0.05, 0) is 94.4 Å². The van der Waals surface area contributed by atoms with Crippen molar-refractivity contribution in [3.05, 3.63) is 263 Å². The minimum absolute atomic E-state index is 0.0115. The largest absolute Gasteiger partial charge is 0.354 e. The van der Waals surface area contributed by atoms with Gasteiger partial charge in [0.15, 0.2) is 0 Å². The predicted molar refractivity (Wildman–Crippen MR) is 311 cm³/mol. The van der Waals surface area contributed by atoms with E-state index in [1.54, 1.807) is 0 Å². The lowest BCUT2D eigenvalue weighted by molar-refractivity contribution is -0.127. The predicted octanol–water partition coefficient (Wildman–Crippen LogP) is 14.0. The van der Waals surface area contributed by atoms with Gasteiger partial charge in [0.1, 0.15) is 5.78 Å². The number of fused-ring (bicyclic) bond motifs is 3. The molecule has 2 heterocycles. The third kappa shape index (κ3) is 11.1. The minimum atomic E-state index is -0.454. The molecule has 0 radical (unpaired) electrons. The Hall–Kier alpha value is -6.22. The topological polar surface area (TPSA) is 52.7 Å². The van der Waals surface area contributed by atoms with E-state index in [4.69, 9.17) is 0 Å². The third-order valence-electron chi connectivity index (χ3n) is 15.8. The summed E-state index contributed by atoms with van der Waals surface area (Å²) in [6.07, 6.45) is 4.68. The number of piperidine rings is 1. The zero-order valence-electron chi connectivity index (χ0n) is 42.7. The molecule has 0 saturated carbocycles. The van der Waals surface area contributed by atoms with Crippen LogP contribution in [0.1, 0.15) is 83.9 Å². The summed E-state index contributed by atoms with van der Waals surface area (Å²) in [6, 6.07) is 81.1. The molecule has 74 heavy (non-hydrogen) atoms. The Morgan fingerprint density at radius 2 is 1.01 bits per heavy atom. The lowest BCUT2D eigenvalue weighted by Crippen LogP contribution is -2.51. The molecule has 1 N–H and O–H groups in total. The van der Waals surface area contributed by atoms with Gasteiger partial charge >= 0.3 is 0 Å². The second-order valence-corrected chi connectivity index (χ2v) is 22.7. The second kappa shape index (κ2) is 24.4. The normalized spacial score (nSPS) is 17.9. The first-order valence-corrected chi connectivity index (χ1v) is 28.8. The fourth-order valence-electron chi connectivity index (χ4n) is 12.4. The van der Waals surface area contributed by atoms with Gasteiger partial charge in [0.25, 0.3) is 0 Å². The van der Waals surface area contributed by atoms with Crippen molar-refractivity contribution in [1.82, 2.24) is 15.1 Å². The van der Waals surface area contributed by atoms with E-state index < -0.39 is 9.49 Å². The maximum Gasteiger partial charge on any atom is 0.234 e. The van der Waals surface area contributed by atoms with Crippen molar-refractivity contribution in [2.45, 2.75) is 66.5 Å². The number of carbonyl (C=O) groups excluding carboxylic acids is 2. The summed E-state index contributed by atoms with van der Waals surface area (Å²) in [6.45, 7) is 5.34. The SMILES string of the molecule is CCC(=O)C1C(c2ccc3ccccc3c2)CC2CCC1N2CCCN(CCSC(c1ccccc1)(c1ccccc1)c1ccccc1)CC(=O)NCCSC(c1ccccc1)(c1ccccc1)c1ccccc1. The molecule has 0 aliphatic carbocycles. The molecule has 0 spiro atoms. The molecule has 376 valence electrons. The molecule has 1 amide bonds. The van der Waals surface area contributed by atoms with Crippen molar-refractivity contribution < 1.29 is 9.59 Å². The van der Waals surface area contributed by atoms with Crippen LogP contribution in [0.25, 0.3) is 10.8 Å². The molecule has 2 fully saturated rings. The van der Waals surface area contributed by atoms with Gasteiger partial charge in [-0.1, -0.05) is 231 Å². The second-order valence-electron chi connectivity index (χ2n) is 20.1. The average Bonchev–Trinajstić information content (AvgIpc) is 3.74. The molecule has 2 aliphatic heterocycles. The number of Topliss-reactive ketones (excluding diaryl/α,β-unsaturated/α-hetero) is 1. The van der Waals surface area contributed by atoms with Gasteiger partial charge < -0.3 is 5.32 Å². The zero-order chi connectivity index (χ0) is 50.6. The summed E-state index contributed by atoms with van der Waals surface area (Å²) in [5.41, 5.74) is 8.66. The summed E-state index contributed by atoms with van der Waals surface area (Å²) < 4.78 is -0.905. The number of hydrogen-bond acceptors (Lipinski definition) is 6. The highest BCUT2D eigenvalue weighted by molar-refractivity contribution is 8.00. The Balaban J connectivity index is 0.874. The number of rotatable bonds is 23. The fourth-order valence-corrected chi connectivity index (χ4v) is 15.4. The van der Waals surface area contributed by atoms with Gasteiger partial charge in [0, 0.05) is 49.0 Å². The molecule has 2 aliphatic rings. The highest BCUT2D eigenvalue weighted by Gasteiger charge is 2.49. The number of benzene rings is 8. The van der Waals surface area contributed by atoms with Crippen molar-refractivity contribution in [2.24, 2.45) is 5.92 Å². The van der Waals surface area contributed by atoms with Gasteiger partial charge in [-0.25, -0.2) is 0 Å². The maximum atomic E-state index is 14.4. The molecule has 4 unspecified atom stereocenters. The van der Waals surface area contributed by atoms with Gasteiger partial charge in [-0.3, -0.25) is 19.4 Å². The number of nitrogens with one attached hydrogen (secondary N) is 1. The number of ketones is 1. The molecule has 5 nitrogen and oxygen atoms in total. The molecule has 2 saturated heterocycles. The van der Waals surface area contributed by atoms with Crippen LogP contribution < -0.4 is 5.32 Å². The summed E-state index contributed by atoms with van der Waals surface area (Å²) in [7, 11) is 0. The molecular formula is C67H69N3O2S2. The van der Waals surface area contributed by atoms with Crippen LogP contribution in [0.2, 0.25) is 0 Å². The number of nitrogens with zero attached hydrogens (tertiary/aromatic N) is 2. The first-order valence-electron chi connectivity index (χ1n) is 26.8. The lowest BCUT2D eigenvalue weighted by Gasteiger charge is -2.44. The summed E-state index contributed by atoms with van der Waals surface area (Å²) in [5.74, 6) is 2.19. The van der Waals surface area contributed by atoms with E-state index in [1.165, 1.54) is 49.7 Å². The molecule has 7 heteroatoms.